The molecule has 0 radical (unpaired) electrons. The van der Waals surface area contributed by atoms with Gasteiger partial charge in [0.2, 0.25) is 0 Å². The molecule has 3 heteroatoms. The molecule has 20 heavy (non-hydrogen) atoms. The number of hydrogen-bond acceptors (Lipinski definition) is 2. The standard InChI is InChI=1S/C17H28ClNO/c1-2-3-4-5-6-7-8-9-13-20-17-12-10-11-16(18)15(17)14-19/h10-12H,2-9,13-14,19H2,1H3. The first-order chi connectivity index (χ1) is 9.79. The van der Waals surface area contributed by atoms with Crippen LogP contribution in [0.5, 0.6) is 5.75 Å². The van der Waals surface area contributed by atoms with E-state index in [0.717, 1.165) is 24.3 Å². The summed E-state index contributed by atoms with van der Waals surface area (Å²) in [7, 11) is 0. The van der Waals surface area contributed by atoms with Crippen LogP contribution in [0.3, 0.4) is 0 Å². The Morgan fingerprint density at radius 3 is 2.30 bits per heavy atom. The normalized spacial score (nSPS) is 10.8. The summed E-state index contributed by atoms with van der Waals surface area (Å²) in [6.45, 7) is 3.43. The largest absolute Gasteiger partial charge is 0.493 e. The molecule has 0 saturated heterocycles. The summed E-state index contributed by atoms with van der Waals surface area (Å²) >= 11 is 6.09. The summed E-state index contributed by atoms with van der Waals surface area (Å²) in [5.41, 5.74) is 6.61. The molecule has 0 spiro atoms. The van der Waals surface area contributed by atoms with Crippen LogP contribution in [0.1, 0.15) is 63.9 Å². The van der Waals surface area contributed by atoms with Gasteiger partial charge in [0.15, 0.2) is 0 Å². The smallest absolute Gasteiger partial charge is 0.125 e. The van der Waals surface area contributed by atoms with Crippen LogP contribution in [0.4, 0.5) is 0 Å². The Balaban J connectivity index is 2.11. The van der Waals surface area contributed by atoms with E-state index in [2.05, 4.69) is 6.92 Å². The van der Waals surface area contributed by atoms with Gasteiger partial charge in [-0.25, -0.2) is 0 Å². The first kappa shape index (κ1) is 17.3. The van der Waals surface area contributed by atoms with E-state index in [1.807, 2.05) is 18.2 Å². The average Bonchev–Trinajstić information content (AvgIpc) is 2.45. The van der Waals surface area contributed by atoms with Crippen LogP contribution in [0.2, 0.25) is 5.02 Å². The SMILES string of the molecule is CCCCCCCCCCOc1cccc(Cl)c1CN. The van der Waals surface area contributed by atoms with Gasteiger partial charge in [0.05, 0.1) is 6.61 Å². The Labute approximate surface area is 128 Å². The molecule has 0 fully saturated rings. The van der Waals surface area contributed by atoms with Crippen LogP contribution >= 0.6 is 11.6 Å². The summed E-state index contributed by atoms with van der Waals surface area (Å²) < 4.78 is 5.79. The quantitative estimate of drug-likeness (QED) is 0.561. The van der Waals surface area contributed by atoms with E-state index < -0.39 is 0 Å². The predicted octanol–water partition coefficient (Wildman–Crippen LogP) is 5.32. The van der Waals surface area contributed by atoms with Crippen molar-refractivity contribution in [3.05, 3.63) is 28.8 Å². The van der Waals surface area contributed by atoms with Gasteiger partial charge in [0, 0.05) is 17.1 Å². The molecular formula is C17H28ClNO. The Morgan fingerprint density at radius 1 is 1.00 bits per heavy atom. The van der Waals surface area contributed by atoms with Crippen molar-refractivity contribution in [2.45, 2.75) is 64.8 Å². The molecule has 0 heterocycles. The third-order valence-corrected chi connectivity index (χ3v) is 3.89. The summed E-state index contributed by atoms with van der Waals surface area (Å²) in [5, 5.41) is 0.695. The second-order valence-corrected chi connectivity index (χ2v) is 5.65. The molecule has 0 aliphatic heterocycles. The molecule has 1 aromatic carbocycles. The first-order valence-electron chi connectivity index (χ1n) is 7.89. The maximum Gasteiger partial charge on any atom is 0.125 e. The maximum atomic E-state index is 6.09. The van der Waals surface area contributed by atoms with Crippen LogP contribution in [0.25, 0.3) is 0 Å². The summed E-state index contributed by atoms with van der Waals surface area (Å²) in [4.78, 5) is 0. The molecule has 0 aliphatic carbocycles. The van der Waals surface area contributed by atoms with Gasteiger partial charge in [-0.15, -0.1) is 0 Å². The van der Waals surface area contributed by atoms with Crippen molar-refractivity contribution in [2.75, 3.05) is 6.61 Å². The molecule has 114 valence electrons. The van der Waals surface area contributed by atoms with Crippen LogP contribution in [0, 0.1) is 0 Å². The molecule has 0 aliphatic rings. The van der Waals surface area contributed by atoms with Gasteiger partial charge >= 0.3 is 0 Å². The summed E-state index contributed by atoms with van der Waals surface area (Å²) in [6, 6.07) is 5.70. The molecule has 2 N–H and O–H groups in total. The number of benzene rings is 1. The van der Waals surface area contributed by atoms with Gasteiger partial charge < -0.3 is 10.5 Å². The van der Waals surface area contributed by atoms with E-state index in [-0.39, 0.29) is 0 Å². The van der Waals surface area contributed by atoms with Crippen LogP contribution < -0.4 is 10.5 Å². The zero-order valence-electron chi connectivity index (χ0n) is 12.7. The Kier molecular flexibility index (Phi) is 9.52. The molecule has 0 aromatic heterocycles. The van der Waals surface area contributed by atoms with Gasteiger partial charge in [0.25, 0.3) is 0 Å². The minimum absolute atomic E-state index is 0.423. The summed E-state index contributed by atoms with van der Waals surface area (Å²) in [6.07, 6.45) is 10.5. The van der Waals surface area contributed by atoms with E-state index in [0.29, 0.717) is 11.6 Å². The fourth-order valence-corrected chi connectivity index (χ4v) is 2.53. The topological polar surface area (TPSA) is 35.2 Å². The third-order valence-electron chi connectivity index (χ3n) is 3.54. The highest BCUT2D eigenvalue weighted by Gasteiger charge is 2.05. The second kappa shape index (κ2) is 11.0. The highest BCUT2D eigenvalue weighted by atomic mass is 35.5. The van der Waals surface area contributed by atoms with Gasteiger partial charge in [-0.1, -0.05) is 69.5 Å². The molecule has 1 rings (SSSR count). The van der Waals surface area contributed by atoms with Gasteiger partial charge in [0.1, 0.15) is 5.75 Å². The van der Waals surface area contributed by atoms with E-state index in [9.17, 15) is 0 Å². The number of rotatable bonds is 11. The van der Waals surface area contributed by atoms with Crippen LogP contribution in [-0.2, 0) is 6.54 Å². The number of ether oxygens (including phenoxy) is 1. The predicted molar refractivity (Wildman–Crippen MR) is 87.4 cm³/mol. The Morgan fingerprint density at radius 2 is 1.65 bits per heavy atom. The maximum absolute atomic E-state index is 6.09. The van der Waals surface area contributed by atoms with Crippen LogP contribution in [0.15, 0.2) is 18.2 Å². The van der Waals surface area contributed by atoms with Gasteiger partial charge in [-0.2, -0.15) is 0 Å². The number of halogens is 1. The lowest BCUT2D eigenvalue weighted by Gasteiger charge is -2.11. The second-order valence-electron chi connectivity index (χ2n) is 5.24. The van der Waals surface area contributed by atoms with Gasteiger partial charge in [-0.3, -0.25) is 0 Å². The third kappa shape index (κ3) is 6.62. The van der Waals surface area contributed by atoms with E-state index >= 15 is 0 Å². The van der Waals surface area contributed by atoms with Crippen molar-refractivity contribution in [1.82, 2.24) is 0 Å². The molecule has 0 bridgehead atoms. The highest BCUT2D eigenvalue weighted by molar-refractivity contribution is 6.31. The van der Waals surface area contributed by atoms with Crippen molar-refractivity contribution >= 4 is 11.6 Å². The lowest BCUT2D eigenvalue weighted by atomic mass is 10.1. The van der Waals surface area contributed by atoms with Crippen molar-refractivity contribution in [2.24, 2.45) is 5.73 Å². The molecule has 0 amide bonds. The monoisotopic (exact) mass is 297 g/mol. The number of unbranched alkanes of at least 4 members (excludes halogenated alkanes) is 7. The highest BCUT2D eigenvalue weighted by Crippen LogP contribution is 2.26. The van der Waals surface area contributed by atoms with E-state index in [1.54, 1.807) is 0 Å². The molecule has 2 nitrogen and oxygen atoms in total. The molecule has 0 unspecified atom stereocenters. The first-order valence-corrected chi connectivity index (χ1v) is 8.27. The van der Waals surface area contributed by atoms with Gasteiger partial charge in [-0.05, 0) is 18.6 Å². The van der Waals surface area contributed by atoms with Crippen molar-refractivity contribution < 1.29 is 4.74 Å². The lowest BCUT2D eigenvalue weighted by Crippen LogP contribution is -2.04. The minimum Gasteiger partial charge on any atom is -0.493 e. The fourth-order valence-electron chi connectivity index (χ4n) is 2.29. The van der Waals surface area contributed by atoms with E-state index in [1.165, 1.54) is 44.9 Å². The fraction of sp³-hybridized carbons (Fsp3) is 0.647. The zero-order valence-corrected chi connectivity index (χ0v) is 13.4. The van der Waals surface area contributed by atoms with Crippen molar-refractivity contribution in [3.63, 3.8) is 0 Å². The summed E-state index contributed by atoms with van der Waals surface area (Å²) in [5.74, 6) is 0.836. The lowest BCUT2D eigenvalue weighted by molar-refractivity contribution is 0.301. The molecule has 0 atom stereocenters. The van der Waals surface area contributed by atoms with Crippen molar-refractivity contribution in [1.29, 1.82) is 0 Å². The number of nitrogens with two attached hydrogens (primary N) is 1. The molecular weight excluding hydrogens is 270 g/mol. The van der Waals surface area contributed by atoms with E-state index in [4.69, 9.17) is 22.1 Å². The zero-order chi connectivity index (χ0) is 14.6. The average molecular weight is 298 g/mol. The minimum atomic E-state index is 0.423. The Hall–Kier alpha value is -0.730. The molecule has 1 aromatic rings. The van der Waals surface area contributed by atoms with Crippen molar-refractivity contribution in [3.8, 4) is 5.75 Å². The Bertz CT molecular complexity index is 368. The molecule has 0 saturated carbocycles. The number of hydrogen-bond donors (Lipinski definition) is 1. The van der Waals surface area contributed by atoms with Crippen LogP contribution in [-0.4, -0.2) is 6.61 Å².